The predicted octanol–water partition coefficient (Wildman–Crippen LogP) is 7.68. The van der Waals surface area contributed by atoms with E-state index in [1.807, 2.05) is 98.8 Å². The normalized spacial score (nSPS) is 11.5. The maximum atomic E-state index is 13.3. The number of anilines is 2. The molecule has 0 aromatic heterocycles. The van der Waals surface area contributed by atoms with Crippen LogP contribution >= 0.6 is 23.4 Å². The van der Waals surface area contributed by atoms with Gasteiger partial charge in [-0.1, -0.05) is 65.7 Å². The molecular formula is C29H25ClN2O2S. The molecule has 0 aliphatic rings. The highest BCUT2D eigenvalue weighted by molar-refractivity contribution is 8.00. The molecule has 0 aliphatic carbocycles. The summed E-state index contributed by atoms with van der Waals surface area (Å²) in [5.74, 6) is -0.301. The maximum Gasteiger partial charge on any atom is 0.255 e. The third-order valence-corrected chi connectivity index (χ3v) is 7.10. The van der Waals surface area contributed by atoms with Crippen LogP contribution in [0.2, 0.25) is 5.02 Å². The Bertz CT molecular complexity index is 1340. The van der Waals surface area contributed by atoms with Gasteiger partial charge in [-0.05, 0) is 73.5 Å². The number of amides is 2. The minimum atomic E-state index is -0.469. The van der Waals surface area contributed by atoms with Gasteiger partial charge in [-0.2, -0.15) is 0 Å². The van der Waals surface area contributed by atoms with Gasteiger partial charge in [-0.25, -0.2) is 0 Å². The summed E-state index contributed by atoms with van der Waals surface area (Å²) in [6.07, 6.45) is 0. The summed E-state index contributed by atoms with van der Waals surface area (Å²) in [5, 5.41) is 6.05. The fourth-order valence-corrected chi connectivity index (χ4v) is 4.73. The van der Waals surface area contributed by atoms with Crippen molar-refractivity contribution in [3.8, 4) is 0 Å². The van der Waals surface area contributed by atoms with Crippen LogP contribution in [0.4, 0.5) is 11.4 Å². The number of rotatable bonds is 7. The molecule has 4 aromatic rings. The van der Waals surface area contributed by atoms with Crippen LogP contribution in [-0.4, -0.2) is 11.8 Å². The van der Waals surface area contributed by atoms with Crippen molar-refractivity contribution >= 4 is 46.6 Å². The third-order valence-electron chi connectivity index (χ3n) is 5.43. The summed E-state index contributed by atoms with van der Waals surface area (Å²) in [4.78, 5) is 26.7. The molecule has 2 amide bonds. The number of halogens is 1. The molecule has 0 saturated heterocycles. The molecule has 0 heterocycles. The molecule has 4 aromatic carbocycles. The van der Waals surface area contributed by atoms with Crippen LogP contribution in [0.1, 0.15) is 32.3 Å². The average molecular weight is 501 g/mol. The van der Waals surface area contributed by atoms with Crippen molar-refractivity contribution in [2.24, 2.45) is 0 Å². The molecule has 1 atom stereocenters. The van der Waals surface area contributed by atoms with Crippen molar-refractivity contribution in [3.05, 3.63) is 124 Å². The van der Waals surface area contributed by atoms with Crippen molar-refractivity contribution in [1.82, 2.24) is 0 Å². The largest absolute Gasteiger partial charge is 0.325 e. The van der Waals surface area contributed by atoms with Gasteiger partial charge >= 0.3 is 0 Å². The Kier molecular flexibility index (Phi) is 7.91. The van der Waals surface area contributed by atoms with Crippen molar-refractivity contribution in [1.29, 1.82) is 0 Å². The number of hydrogen-bond donors (Lipinski definition) is 2. The molecule has 0 saturated carbocycles. The van der Waals surface area contributed by atoms with E-state index in [2.05, 4.69) is 10.6 Å². The van der Waals surface area contributed by atoms with Gasteiger partial charge in [0.15, 0.2) is 0 Å². The van der Waals surface area contributed by atoms with E-state index in [1.54, 1.807) is 12.1 Å². The highest BCUT2D eigenvalue weighted by Gasteiger charge is 2.22. The zero-order chi connectivity index (χ0) is 24.8. The first kappa shape index (κ1) is 24.6. The Morgan fingerprint density at radius 1 is 0.771 bits per heavy atom. The summed E-state index contributed by atoms with van der Waals surface area (Å²) in [7, 11) is 0. The standard InChI is InChI=1S/C29H25ClN2O2S/c1-19-7-6-10-22(17-19)28(33)31-23-13-15-25(16-14-23)35-27(21-8-4-3-5-9-21)29(34)32-24-12-11-20(2)26(30)18-24/h3-18,27H,1-2H3,(H,31,33)(H,32,34). The number of aryl methyl sites for hydroxylation is 2. The monoisotopic (exact) mass is 500 g/mol. The molecule has 0 fully saturated rings. The molecule has 0 aliphatic heterocycles. The lowest BCUT2D eigenvalue weighted by molar-refractivity contribution is -0.115. The van der Waals surface area contributed by atoms with Gasteiger partial charge in [0.2, 0.25) is 5.91 Å². The van der Waals surface area contributed by atoms with Crippen LogP contribution in [0.25, 0.3) is 0 Å². The van der Waals surface area contributed by atoms with Crippen LogP contribution in [0.5, 0.6) is 0 Å². The van der Waals surface area contributed by atoms with Gasteiger partial charge in [0.1, 0.15) is 5.25 Å². The van der Waals surface area contributed by atoms with Crippen molar-refractivity contribution < 1.29 is 9.59 Å². The topological polar surface area (TPSA) is 58.2 Å². The van der Waals surface area contributed by atoms with Crippen LogP contribution in [0.3, 0.4) is 0 Å². The lowest BCUT2D eigenvalue weighted by Crippen LogP contribution is -2.19. The molecule has 0 radical (unpaired) electrons. The predicted molar refractivity (Wildman–Crippen MR) is 145 cm³/mol. The smallest absolute Gasteiger partial charge is 0.255 e. The highest BCUT2D eigenvalue weighted by atomic mass is 35.5. The zero-order valence-electron chi connectivity index (χ0n) is 19.4. The summed E-state index contributed by atoms with van der Waals surface area (Å²) in [6, 6.07) is 30.1. The second-order valence-electron chi connectivity index (χ2n) is 8.21. The first-order valence-corrected chi connectivity index (χ1v) is 12.4. The van der Waals surface area contributed by atoms with Crippen molar-refractivity contribution in [3.63, 3.8) is 0 Å². The summed E-state index contributed by atoms with van der Waals surface area (Å²) in [6.45, 7) is 3.87. The van der Waals surface area contributed by atoms with Gasteiger partial charge < -0.3 is 10.6 Å². The average Bonchev–Trinajstić information content (AvgIpc) is 2.86. The van der Waals surface area contributed by atoms with Crippen molar-refractivity contribution in [2.45, 2.75) is 24.0 Å². The number of carbonyl (C=O) groups is 2. The van der Waals surface area contributed by atoms with E-state index in [4.69, 9.17) is 11.6 Å². The van der Waals surface area contributed by atoms with Gasteiger partial charge in [0.05, 0.1) is 0 Å². The maximum absolute atomic E-state index is 13.3. The molecule has 2 N–H and O–H groups in total. The molecule has 4 rings (SSSR count). The third kappa shape index (κ3) is 6.53. The Morgan fingerprint density at radius 2 is 1.49 bits per heavy atom. The van der Waals surface area contributed by atoms with E-state index >= 15 is 0 Å². The minimum absolute atomic E-state index is 0.141. The molecule has 176 valence electrons. The Hall–Kier alpha value is -3.54. The summed E-state index contributed by atoms with van der Waals surface area (Å²) >= 11 is 7.68. The van der Waals surface area contributed by atoms with E-state index < -0.39 is 5.25 Å². The number of hydrogen-bond acceptors (Lipinski definition) is 3. The van der Waals surface area contributed by atoms with E-state index in [9.17, 15) is 9.59 Å². The SMILES string of the molecule is Cc1cccc(C(=O)Nc2ccc(SC(C(=O)Nc3ccc(C)c(Cl)c3)c3ccccc3)cc2)c1. The summed E-state index contributed by atoms with van der Waals surface area (Å²) in [5.41, 5.74) is 4.83. The van der Waals surface area contributed by atoms with E-state index in [-0.39, 0.29) is 11.8 Å². The fraction of sp³-hybridized carbons (Fsp3) is 0.103. The van der Waals surface area contributed by atoms with Gasteiger partial charge in [-0.3, -0.25) is 9.59 Å². The molecule has 4 nitrogen and oxygen atoms in total. The zero-order valence-corrected chi connectivity index (χ0v) is 21.0. The van der Waals surface area contributed by atoms with Gasteiger partial charge in [0, 0.05) is 26.9 Å². The molecular weight excluding hydrogens is 476 g/mol. The van der Waals surface area contributed by atoms with Crippen LogP contribution in [-0.2, 0) is 4.79 Å². The minimum Gasteiger partial charge on any atom is -0.325 e. The lowest BCUT2D eigenvalue weighted by atomic mass is 10.1. The second kappa shape index (κ2) is 11.3. The number of carbonyl (C=O) groups excluding carboxylic acids is 2. The molecule has 35 heavy (non-hydrogen) atoms. The highest BCUT2D eigenvalue weighted by Crippen LogP contribution is 2.37. The van der Waals surface area contributed by atoms with E-state index in [1.165, 1.54) is 11.8 Å². The van der Waals surface area contributed by atoms with Crippen LogP contribution in [0, 0.1) is 13.8 Å². The first-order valence-electron chi connectivity index (χ1n) is 11.2. The molecule has 6 heteroatoms. The van der Waals surface area contributed by atoms with Gasteiger partial charge in [0.25, 0.3) is 5.91 Å². The second-order valence-corrected chi connectivity index (χ2v) is 9.80. The molecule has 0 bridgehead atoms. The van der Waals surface area contributed by atoms with Crippen LogP contribution in [0.15, 0.2) is 102 Å². The van der Waals surface area contributed by atoms with Gasteiger partial charge in [-0.15, -0.1) is 11.8 Å². The van der Waals surface area contributed by atoms with E-state index in [0.717, 1.165) is 21.6 Å². The Balaban J connectivity index is 1.49. The Morgan fingerprint density at radius 3 is 2.17 bits per heavy atom. The first-order chi connectivity index (χ1) is 16.9. The van der Waals surface area contributed by atoms with E-state index in [0.29, 0.717) is 22.0 Å². The number of benzene rings is 4. The number of nitrogens with one attached hydrogen (secondary N) is 2. The fourth-order valence-electron chi connectivity index (χ4n) is 3.52. The molecule has 1 unspecified atom stereocenters. The van der Waals surface area contributed by atoms with Crippen LogP contribution < -0.4 is 10.6 Å². The van der Waals surface area contributed by atoms with Crippen molar-refractivity contribution in [2.75, 3.05) is 10.6 Å². The molecule has 0 spiro atoms. The number of thioether (sulfide) groups is 1. The Labute approximate surface area is 214 Å². The quantitative estimate of drug-likeness (QED) is 0.256. The summed E-state index contributed by atoms with van der Waals surface area (Å²) < 4.78 is 0. The lowest BCUT2D eigenvalue weighted by Gasteiger charge is -2.18.